The molecule has 0 bridgehead atoms. The molecule has 0 aromatic heterocycles. The van der Waals surface area contributed by atoms with E-state index in [-0.39, 0.29) is 23.3 Å². The van der Waals surface area contributed by atoms with Crippen molar-refractivity contribution in [3.63, 3.8) is 0 Å². The second kappa shape index (κ2) is 7.75. The lowest BCUT2D eigenvalue weighted by Gasteiger charge is -2.43. The highest BCUT2D eigenvalue weighted by Crippen LogP contribution is 2.36. The number of nitrogens with one attached hydrogen (secondary N) is 1. The molecule has 1 fully saturated rings. The van der Waals surface area contributed by atoms with Crippen LogP contribution in [0.4, 0.5) is 13.2 Å². The van der Waals surface area contributed by atoms with E-state index in [1.807, 2.05) is 27.2 Å². The smallest absolute Gasteiger partial charge is 0.417 e. The Balaban J connectivity index is 2.24. The first kappa shape index (κ1) is 21.0. The Morgan fingerprint density at radius 2 is 2.00 bits per heavy atom. The third kappa shape index (κ3) is 4.91. The summed E-state index contributed by atoms with van der Waals surface area (Å²) in [6.45, 7) is 6.41. The molecule has 1 heterocycles. The highest BCUT2D eigenvalue weighted by molar-refractivity contribution is 5.95. The molecule has 0 saturated carbocycles. The predicted molar refractivity (Wildman–Crippen MR) is 92.4 cm³/mol. The van der Waals surface area contributed by atoms with E-state index in [1.54, 1.807) is 10.3 Å². The van der Waals surface area contributed by atoms with Crippen molar-refractivity contribution in [3.05, 3.63) is 29.3 Å². The standard InChI is InChI=1S/C18H23F3N3O3/c1-17(2,3)15-9-12(6-7-24(15)10-25)27-11-4-5-14(18(19,20)21)13(8-11)16(26)23-22/h4-5,8,12,15H,6-7,9,22H2,1-3H3,(H,23,26). The molecule has 6 nitrogen and oxygen atoms in total. The summed E-state index contributed by atoms with van der Waals surface area (Å²) in [5.74, 6) is 4.09. The number of carbonyl (C=O) groups is 1. The Morgan fingerprint density at radius 1 is 1.33 bits per heavy atom. The monoisotopic (exact) mass is 386 g/mol. The van der Waals surface area contributed by atoms with E-state index in [2.05, 4.69) is 0 Å². The molecular weight excluding hydrogens is 363 g/mol. The molecule has 27 heavy (non-hydrogen) atoms. The zero-order valence-corrected chi connectivity index (χ0v) is 15.4. The van der Waals surface area contributed by atoms with Gasteiger partial charge in [0.05, 0.1) is 11.1 Å². The number of nitrogens with two attached hydrogens (primary N) is 1. The fourth-order valence-corrected chi connectivity index (χ4v) is 3.27. The minimum Gasteiger partial charge on any atom is -0.490 e. The second-order valence-electron chi connectivity index (χ2n) is 7.61. The summed E-state index contributed by atoms with van der Waals surface area (Å²) >= 11 is 0. The molecule has 149 valence electrons. The van der Waals surface area contributed by atoms with Gasteiger partial charge in [-0.25, -0.2) is 5.84 Å². The van der Waals surface area contributed by atoms with Gasteiger partial charge in [0.15, 0.2) is 0 Å². The fraction of sp³-hybridized carbons (Fsp3) is 0.556. The zero-order chi connectivity index (χ0) is 20.4. The van der Waals surface area contributed by atoms with Crippen LogP contribution < -0.4 is 16.0 Å². The van der Waals surface area contributed by atoms with Gasteiger partial charge in [0.1, 0.15) is 11.9 Å². The summed E-state index contributed by atoms with van der Waals surface area (Å²) in [5, 5.41) is 0. The van der Waals surface area contributed by atoms with Crippen molar-refractivity contribution in [2.45, 2.75) is 51.9 Å². The number of hydrogen-bond acceptors (Lipinski definition) is 4. The third-order valence-electron chi connectivity index (χ3n) is 4.65. The van der Waals surface area contributed by atoms with Crippen molar-refractivity contribution in [2.75, 3.05) is 6.54 Å². The number of nitrogen functional groups attached to an aromatic ring is 1. The first-order chi connectivity index (χ1) is 12.5. The predicted octanol–water partition coefficient (Wildman–Crippen LogP) is 2.63. The number of rotatable bonds is 4. The number of nitrogens with zero attached hydrogens (tertiary/aromatic N) is 1. The van der Waals surface area contributed by atoms with Gasteiger partial charge in [-0.15, -0.1) is 0 Å². The van der Waals surface area contributed by atoms with Gasteiger partial charge in [-0.3, -0.25) is 15.0 Å². The number of piperidine rings is 1. The Bertz CT molecular complexity index is 701. The number of halogens is 3. The van der Waals surface area contributed by atoms with Crippen molar-refractivity contribution in [1.29, 1.82) is 0 Å². The van der Waals surface area contributed by atoms with E-state index in [4.69, 9.17) is 10.6 Å². The molecule has 1 aromatic carbocycles. The van der Waals surface area contributed by atoms with Crippen LogP contribution in [0.3, 0.4) is 0 Å². The van der Waals surface area contributed by atoms with Gasteiger partial charge >= 0.3 is 12.6 Å². The Hall–Kier alpha value is -2.29. The largest absolute Gasteiger partial charge is 0.490 e. The summed E-state index contributed by atoms with van der Waals surface area (Å²) in [5.41, 5.74) is -0.174. The minimum atomic E-state index is -4.69. The van der Waals surface area contributed by atoms with Gasteiger partial charge in [0, 0.05) is 25.4 Å². The maximum absolute atomic E-state index is 13.1. The van der Waals surface area contributed by atoms with Crippen LogP contribution in [0.5, 0.6) is 5.75 Å². The van der Waals surface area contributed by atoms with Gasteiger partial charge in [-0.1, -0.05) is 20.8 Å². The fourth-order valence-electron chi connectivity index (χ4n) is 3.27. The summed E-state index contributed by atoms with van der Waals surface area (Å²) in [7, 11) is 0. The zero-order valence-electron chi connectivity index (χ0n) is 15.4. The number of hydrazine groups is 1. The topological polar surface area (TPSA) is 84.7 Å². The molecule has 3 N–H and O–H groups in total. The number of amides is 2. The highest BCUT2D eigenvalue weighted by atomic mass is 19.4. The van der Waals surface area contributed by atoms with Crippen LogP contribution in [0, 0.1) is 5.41 Å². The molecule has 2 rings (SSSR count). The summed E-state index contributed by atoms with van der Waals surface area (Å²) in [6.07, 6.45) is -2.03. The van der Waals surface area contributed by atoms with Gasteiger partial charge in [0.25, 0.3) is 5.91 Å². The lowest BCUT2D eigenvalue weighted by atomic mass is 9.80. The average Bonchev–Trinajstić information content (AvgIpc) is 2.59. The van der Waals surface area contributed by atoms with Crippen LogP contribution in [-0.2, 0) is 11.0 Å². The van der Waals surface area contributed by atoms with Crippen LogP contribution in [0.25, 0.3) is 0 Å². The molecule has 1 radical (unpaired) electrons. The number of benzene rings is 1. The molecule has 1 saturated heterocycles. The van der Waals surface area contributed by atoms with E-state index < -0.39 is 23.2 Å². The maximum atomic E-state index is 13.1. The van der Waals surface area contributed by atoms with E-state index >= 15 is 0 Å². The van der Waals surface area contributed by atoms with Crippen LogP contribution >= 0.6 is 0 Å². The van der Waals surface area contributed by atoms with Gasteiger partial charge in [0.2, 0.25) is 0 Å². The maximum Gasteiger partial charge on any atom is 0.417 e. The first-order valence-corrected chi connectivity index (χ1v) is 8.50. The number of ether oxygens (including phenoxy) is 1. The molecule has 0 aliphatic carbocycles. The number of alkyl halides is 3. The minimum absolute atomic E-state index is 0.116. The Kier molecular flexibility index (Phi) is 6.04. The van der Waals surface area contributed by atoms with Crippen molar-refractivity contribution >= 4 is 12.3 Å². The van der Waals surface area contributed by atoms with Crippen LogP contribution in [0.2, 0.25) is 0 Å². The number of likely N-dealkylation sites (tertiary alicyclic amines) is 1. The van der Waals surface area contributed by atoms with Crippen molar-refractivity contribution < 1.29 is 27.5 Å². The van der Waals surface area contributed by atoms with E-state index in [1.165, 1.54) is 6.07 Å². The van der Waals surface area contributed by atoms with Crippen LogP contribution in [0.1, 0.15) is 49.5 Å². The SMILES string of the molecule is CC(C)(C)C1CC(Oc2ccc(C(F)(F)F)c(C(=O)NN)c2)CCN1[C]=O. The van der Waals surface area contributed by atoms with Gasteiger partial charge in [-0.05, 0) is 23.6 Å². The molecule has 9 heteroatoms. The molecule has 0 spiro atoms. The van der Waals surface area contributed by atoms with Crippen molar-refractivity contribution in [3.8, 4) is 5.75 Å². The first-order valence-electron chi connectivity index (χ1n) is 8.50. The van der Waals surface area contributed by atoms with E-state index in [0.717, 1.165) is 12.1 Å². The molecule has 1 aromatic rings. The molecular formula is C18H23F3N3O3. The average molecular weight is 386 g/mol. The van der Waals surface area contributed by atoms with Gasteiger partial charge in [-0.2, -0.15) is 13.2 Å². The van der Waals surface area contributed by atoms with Crippen molar-refractivity contribution in [1.82, 2.24) is 10.3 Å². The lowest BCUT2D eigenvalue weighted by Crippen LogP contribution is -2.51. The quantitative estimate of drug-likeness (QED) is 0.473. The molecule has 2 unspecified atom stereocenters. The molecule has 2 atom stereocenters. The molecule has 1 aliphatic rings. The molecule has 1 aliphatic heterocycles. The Labute approximate surface area is 155 Å². The number of hydrogen-bond donors (Lipinski definition) is 2. The lowest BCUT2D eigenvalue weighted by molar-refractivity contribution is -0.138. The van der Waals surface area contributed by atoms with Crippen LogP contribution in [-0.4, -0.2) is 35.9 Å². The van der Waals surface area contributed by atoms with Gasteiger partial charge < -0.3 is 9.64 Å². The summed E-state index contributed by atoms with van der Waals surface area (Å²) in [4.78, 5) is 24.5. The number of carbonyl (C=O) groups excluding carboxylic acids is 2. The van der Waals surface area contributed by atoms with E-state index in [0.29, 0.717) is 19.4 Å². The summed E-state index contributed by atoms with van der Waals surface area (Å²) in [6, 6.07) is 2.90. The van der Waals surface area contributed by atoms with Crippen LogP contribution in [0.15, 0.2) is 18.2 Å². The summed E-state index contributed by atoms with van der Waals surface area (Å²) < 4.78 is 45.1. The normalized spacial score (nSPS) is 20.9. The second-order valence-corrected chi connectivity index (χ2v) is 7.61. The van der Waals surface area contributed by atoms with E-state index in [9.17, 15) is 22.8 Å². The highest BCUT2D eigenvalue weighted by Gasteiger charge is 2.38. The third-order valence-corrected chi connectivity index (χ3v) is 4.65. The Morgan fingerprint density at radius 3 is 2.52 bits per heavy atom. The molecule has 2 amide bonds. The van der Waals surface area contributed by atoms with Crippen molar-refractivity contribution in [2.24, 2.45) is 11.3 Å².